The predicted octanol–water partition coefficient (Wildman–Crippen LogP) is 0.206. The maximum absolute atomic E-state index is 7.88. The van der Waals surface area contributed by atoms with Gasteiger partial charge >= 0.3 is 0 Å². The van der Waals surface area contributed by atoms with Crippen LogP contribution in [0.2, 0.25) is 0 Å². The normalized spacial score (nSPS) is 5.54. The summed E-state index contributed by atoms with van der Waals surface area (Å²) in [6, 6.07) is 0. The summed E-state index contributed by atoms with van der Waals surface area (Å²) < 4.78 is 0. The summed E-state index contributed by atoms with van der Waals surface area (Å²) in [4.78, 5) is 6.50. The maximum Gasteiger partial charge on any atom is 0.0710 e. The van der Waals surface area contributed by atoms with Crippen LogP contribution in [0.1, 0.15) is 13.3 Å². The van der Waals surface area contributed by atoms with E-state index in [2.05, 4.69) is 9.78 Å². The maximum atomic E-state index is 7.88. The van der Waals surface area contributed by atoms with Crippen molar-refractivity contribution in [2.24, 2.45) is 0 Å². The van der Waals surface area contributed by atoms with Crippen molar-refractivity contribution in [1.29, 1.82) is 0 Å². The van der Waals surface area contributed by atoms with E-state index >= 15 is 0 Å². The molecule has 0 radical (unpaired) electrons. The van der Waals surface area contributed by atoms with Crippen LogP contribution in [0.5, 0.6) is 0 Å². The van der Waals surface area contributed by atoms with Crippen LogP contribution in [0.4, 0.5) is 0 Å². The van der Waals surface area contributed by atoms with Crippen LogP contribution in [0.3, 0.4) is 0 Å². The van der Waals surface area contributed by atoms with Crippen LogP contribution < -0.4 is 0 Å². The van der Waals surface area contributed by atoms with Crippen LogP contribution in [0, 0.1) is 0 Å². The second kappa shape index (κ2) is 82.0. The van der Waals surface area contributed by atoms with Crippen molar-refractivity contribution in [3.63, 3.8) is 0 Å². The number of aliphatic hydroxyl groups excluding tert-OH is 2. The Balaban J connectivity index is -0.0000000220. The summed E-state index contributed by atoms with van der Waals surface area (Å²) in [5, 5.41) is 29.0. The molecular formula is C6H20O6Ti. The molecule has 0 aromatic rings. The number of hydrogen-bond donors (Lipinski definition) is 4. The third-order valence-corrected chi connectivity index (χ3v) is 0.224. The van der Waals surface area contributed by atoms with Crippen molar-refractivity contribution < 1.29 is 52.2 Å². The minimum absolute atomic E-state index is 0. The van der Waals surface area contributed by atoms with E-state index in [0.717, 1.165) is 13.5 Å². The van der Waals surface area contributed by atoms with Gasteiger partial charge in [-0.3, -0.25) is 10.5 Å². The van der Waals surface area contributed by atoms with Crippen molar-refractivity contribution >= 4 is 0 Å². The van der Waals surface area contributed by atoms with Crippen LogP contribution in [-0.4, -0.2) is 48.7 Å². The summed E-state index contributed by atoms with van der Waals surface area (Å²) >= 11 is 0. The van der Waals surface area contributed by atoms with E-state index in [4.69, 9.17) is 20.7 Å². The van der Waals surface area contributed by atoms with Crippen molar-refractivity contribution in [3.05, 3.63) is 0 Å². The Kier molecular flexibility index (Phi) is 184. The predicted molar refractivity (Wildman–Crippen MR) is 44.8 cm³/mol. The molecule has 0 saturated carbocycles. The molecule has 7 heteroatoms. The molecular weight excluding hydrogens is 216 g/mol. The Morgan fingerprint density at radius 1 is 1.00 bits per heavy atom. The Labute approximate surface area is 93.9 Å². The van der Waals surface area contributed by atoms with Gasteiger partial charge in [-0.05, 0) is 6.42 Å². The summed E-state index contributed by atoms with van der Waals surface area (Å²) in [6.45, 7) is 2.25. The third kappa shape index (κ3) is 630. The smallest absolute Gasteiger partial charge is 0.0710 e. The van der Waals surface area contributed by atoms with Crippen LogP contribution in [0.25, 0.3) is 0 Å². The SMILES string of the molecule is CCCO.CO.COO.COO.[Ti]. The first-order valence-electron chi connectivity index (χ1n) is 3.15. The van der Waals surface area contributed by atoms with Crippen LogP contribution in [0.15, 0.2) is 0 Å². The molecule has 4 N–H and O–H groups in total. The largest absolute Gasteiger partial charge is 0.400 e. The first-order valence-corrected chi connectivity index (χ1v) is 3.15. The molecule has 0 fully saturated rings. The van der Waals surface area contributed by atoms with Gasteiger partial charge in [0.05, 0.1) is 14.2 Å². The molecule has 0 aromatic heterocycles. The van der Waals surface area contributed by atoms with Gasteiger partial charge in [-0.15, -0.1) is 0 Å². The molecule has 0 aliphatic heterocycles. The first kappa shape index (κ1) is 29.2. The molecule has 0 bridgehead atoms. The van der Waals surface area contributed by atoms with Crippen molar-refractivity contribution in [1.82, 2.24) is 0 Å². The van der Waals surface area contributed by atoms with Gasteiger partial charge in [-0.2, -0.15) is 0 Å². The van der Waals surface area contributed by atoms with Gasteiger partial charge in [0.2, 0.25) is 0 Å². The molecule has 0 saturated heterocycles. The van der Waals surface area contributed by atoms with Crippen LogP contribution in [-0.2, 0) is 31.5 Å². The molecule has 0 heterocycles. The van der Waals surface area contributed by atoms with Crippen molar-refractivity contribution in [3.8, 4) is 0 Å². The van der Waals surface area contributed by atoms with E-state index in [1.807, 2.05) is 6.92 Å². The summed E-state index contributed by atoms with van der Waals surface area (Å²) in [7, 11) is 3.36. The fourth-order valence-electron chi connectivity index (χ4n) is 0. The third-order valence-electron chi connectivity index (χ3n) is 0.224. The molecule has 0 aliphatic carbocycles. The van der Waals surface area contributed by atoms with E-state index in [1.54, 1.807) is 0 Å². The molecule has 0 aromatic carbocycles. The van der Waals surface area contributed by atoms with Crippen LogP contribution >= 0.6 is 0 Å². The molecule has 6 nitrogen and oxygen atoms in total. The average molecular weight is 236 g/mol. The van der Waals surface area contributed by atoms with Gasteiger partial charge in [0.15, 0.2) is 0 Å². The molecule has 0 rings (SSSR count). The standard InChI is InChI=1S/C3H8O.2CH4O2.CH4O.Ti/c1-2-3-4;2*1-3-2;1-2;/h4H,2-3H2,1H3;2*2H,1H3;2H,1H3;. The molecule has 13 heavy (non-hydrogen) atoms. The van der Waals surface area contributed by atoms with Gasteiger partial charge in [-0.25, -0.2) is 9.78 Å². The molecule has 0 amide bonds. The van der Waals surface area contributed by atoms with E-state index < -0.39 is 0 Å². The average Bonchev–Trinajstić information content (AvgIpc) is 2.10. The minimum atomic E-state index is 0. The molecule has 0 unspecified atom stereocenters. The molecule has 0 atom stereocenters. The quantitative estimate of drug-likeness (QED) is 0.295. The zero-order valence-electron chi connectivity index (χ0n) is 8.52. The number of rotatable bonds is 1. The van der Waals surface area contributed by atoms with E-state index in [0.29, 0.717) is 6.61 Å². The van der Waals surface area contributed by atoms with Gasteiger partial charge in [-0.1, -0.05) is 6.92 Å². The summed E-state index contributed by atoms with van der Waals surface area (Å²) in [5.41, 5.74) is 0. The zero-order chi connectivity index (χ0) is 10.8. The number of hydrogen-bond acceptors (Lipinski definition) is 6. The van der Waals surface area contributed by atoms with Crippen molar-refractivity contribution in [2.75, 3.05) is 27.9 Å². The van der Waals surface area contributed by atoms with Crippen molar-refractivity contribution in [2.45, 2.75) is 13.3 Å². The van der Waals surface area contributed by atoms with Gasteiger partial charge in [0.25, 0.3) is 0 Å². The second-order valence-corrected chi connectivity index (χ2v) is 1.09. The molecule has 0 aliphatic rings. The molecule has 0 spiro atoms. The van der Waals surface area contributed by atoms with E-state index in [9.17, 15) is 0 Å². The zero-order valence-corrected chi connectivity index (χ0v) is 10.1. The number of aliphatic hydroxyl groups is 2. The van der Waals surface area contributed by atoms with Gasteiger partial charge in [0.1, 0.15) is 0 Å². The van der Waals surface area contributed by atoms with Gasteiger partial charge in [0, 0.05) is 35.4 Å². The summed E-state index contributed by atoms with van der Waals surface area (Å²) in [5.74, 6) is 0. The Bertz CT molecular complexity index is 29.1. The van der Waals surface area contributed by atoms with E-state index in [1.165, 1.54) is 14.2 Å². The Morgan fingerprint density at radius 3 is 1.08 bits per heavy atom. The van der Waals surface area contributed by atoms with Gasteiger partial charge < -0.3 is 10.2 Å². The van der Waals surface area contributed by atoms with E-state index in [-0.39, 0.29) is 21.7 Å². The summed E-state index contributed by atoms with van der Waals surface area (Å²) in [6.07, 6.45) is 0.875. The fourth-order valence-corrected chi connectivity index (χ4v) is 0. The molecule has 84 valence electrons. The first-order chi connectivity index (χ1) is 5.74. The Morgan fingerprint density at radius 2 is 1.08 bits per heavy atom. The Hall–Kier alpha value is 0.474. The fraction of sp³-hybridized carbons (Fsp3) is 1.00. The topological polar surface area (TPSA) is 99.4 Å². The second-order valence-electron chi connectivity index (χ2n) is 1.09. The minimum Gasteiger partial charge on any atom is -0.400 e. The monoisotopic (exact) mass is 236 g/mol.